The third-order valence-corrected chi connectivity index (χ3v) is 13.0. The molecular formula is C41H48FN5O8S. The number of primary amides is 1. The molecule has 4 aromatic rings. The minimum Gasteiger partial charge on any atom is -0.491 e. The highest BCUT2D eigenvalue weighted by atomic mass is 32.2. The van der Waals surface area contributed by atoms with Crippen molar-refractivity contribution >= 4 is 49.8 Å². The molecule has 2 aromatic carbocycles. The Labute approximate surface area is 325 Å². The van der Waals surface area contributed by atoms with Crippen LogP contribution in [0.25, 0.3) is 33.5 Å². The number of ether oxygens (including phenoxy) is 2. The topological polar surface area (TPSA) is 184 Å². The van der Waals surface area contributed by atoms with Crippen LogP contribution < -0.4 is 19.9 Å². The van der Waals surface area contributed by atoms with Gasteiger partial charge in [-0.15, -0.1) is 0 Å². The summed E-state index contributed by atoms with van der Waals surface area (Å²) in [5.74, 6) is -0.789. The molecule has 0 spiro atoms. The number of likely N-dealkylation sites (tertiary alicyclic amines) is 1. The lowest BCUT2D eigenvalue weighted by Gasteiger charge is -2.21. The van der Waals surface area contributed by atoms with Gasteiger partial charge in [0.05, 0.1) is 17.4 Å². The molecule has 3 heterocycles. The zero-order valence-corrected chi connectivity index (χ0v) is 32.6. The number of fused-ring (bicyclic) bond motifs is 3. The van der Waals surface area contributed by atoms with Crippen molar-refractivity contribution in [2.24, 2.45) is 17.6 Å². The quantitative estimate of drug-likeness (QED) is 0.0905. The van der Waals surface area contributed by atoms with Crippen molar-refractivity contribution in [1.82, 2.24) is 19.6 Å². The van der Waals surface area contributed by atoms with E-state index in [1.54, 1.807) is 6.92 Å². The van der Waals surface area contributed by atoms with E-state index in [0.29, 0.717) is 59.3 Å². The number of unbranched alkanes of at least 4 members (excludes halogenated alkanes) is 4. The number of rotatable bonds is 17. The average molecular weight is 790 g/mol. The summed E-state index contributed by atoms with van der Waals surface area (Å²) in [7, 11) is -3.61. The number of sulfonamides is 1. The molecule has 15 heteroatoms. The number of carbonyl (C=O) groups is 3. The van der Waals surface area contributed by atoms with Gasteiger partial charge in [-0.3, -0.25) is 19.1 Å². The number of allylic oxidation sites excluding steroid dienone is 2. The number of hydrogen-bond acceptors (Lipinski definition) is 10. The largest absolute Gasteiger partial charge is 0.491 e. The van der Waals surface area contributed by atoms with Crippen LogP contribution in [0.4, 0.5) is 4.39 Å². The molecule has 0 bridgehead atoms. The van der Waals surface area contributed by atoms with Crippen molar-refractivity contribution in [1.29, 1.82) is 0 Å². The Hall–Kier alpha value is -5.05. The van der Waals surface area contributed by atoms with Gasteiger partial charge in [0.2, 0.25) is 33.3 Å². The summed E-state index contributed by atoms with van der Waals surface area (Å²) in [5, 5.41) is 0.455. The van der Waals surface area contributed by atoms with Crippen molar-refractivity contribution in [2.75, 3.05) is 6.54 Å². The van der Waals surface area contributed by atoms with Gasteiger partial charge in [-0.1, -0.05) is 25.0 Å². The molecular weight excluding hydrogens is 742 g/mol. The van der Waals surface area contributed by atoms with Crippen molar-refractivity contribution in [3.8, 4) is 23.0 Å². The van der Waals surface area contributed by atoms with Crippen LogP contribution in [0.5, 0.6) is 11.6 Å². The molecule has 3 aliphatic rings. The lowest BCUT2D eigenvalue weighted by molar-refractivity contribution is -0.137. The SMILES string of the molecule is CC(C)Oc1ccc(-c2nc(O[C@@H]3C[C@@H](C(N)=O)N(C(=O)CCCCCC/C=C\[C@@H]4C[C@@H]4C(=O)NS(=O)(=O)C4(C)CC4)C3)c3oc4ccc(F)cc4c3n2)cc1. The van der Waals surface area contributed by atoms with Crippen LogP contribution in [-0.2, 0) is 24.4 Å². The maximum Gasteiger partial charge on any atom is 0.262 e. The summed E-state index contributed by atoms with van der Waals surface area (Å²) in [5.41, 5.74) is 7.43. The minimum absolute atomic E-state index is 0.000619. The van der Waals surface area contributed by atoms with Crippen LogP contribution in [0.3, 0.4) is 0 Å². The lowest BCUT2D eigenvalue weighted by Crippen LogP contribution is -2.43. The Morgan fingerprint density at radius 2 is 1.82 bits per heavy atom. The second-order valence-electron chi connectivity index (χ2n) is 15.7. The lowest BCUT2D eigenvalue weighted by atomic mass is 10.1. The molecule has 2 saturated carbocycles. The van der Waals surface area contributed by atoms with E-state index >= 15 is 0 Å². The average Bonchev–Trinajstić information content (AvgIpc) is 4.02. The molecule has 2 aliphatic carbocycles. The van der Waals surface area contributed by atoms with Gasteiger partial charge in [0, 0.05) is 29.7 Å². The van der Waals surface area contributed by atoms with Gasteiger partial charge in [0.1, 0.15) is 34.8 Å². The molecule has 3 fully saturated rings. The summed E-state index contributed by atoms with van der Waals surface area (Å²) in [4.78, 5) is 49.2. The van der Waals surface area contributed by atoms with Crippen molar-refractivity contribution in [2.45, 2.75) is 108 Å². The van der Waals surface area contributed by atoms with Crippen LogP contribution >= 0.6 is 0 Å². The molecule has 1 aliphatic heterocycles. The normalized spacial score (nSPS) is 21.6. The van der Waals surface area contributed by atoms with Crippen molar-refractivity contribution in [3.05, 3.63) is 60.4 Å². The Morgan fingerprint density at radius 1 is 1.07 bits per heavy atom. The van der Waals surface area contributed by atoms with E-state index in [9.17, 15) is 27.2 Å². The molecule has 0 unspecified atom stereocenters. The number of hydrogen-bond donors (Lipinski definition) is 2. The molecule has 56 heavy (non-hydrogen) atoms. The van der Waals surface area contributed by atoms with Crippen molar-refractivity contribution in [3.63, 3.8) is 0 Å². The maximum absolute atomic E-state index is 14.3. The zero-order chi connectivity index (χ0) is 39.8. The fourth-order valence-electron chi connectivity index (χ4n) is 7.15. The third-order valence-electron chi connectivity index (χ3n) is 10.8. The predicted octanol–water partition coefficient (Wildman–Crippen LogP) is 6.33. The van der Waals surface area contributed by atoms with Gasteiger partial charge in [-0.05, 0) is 108 Å². The van der Waals surface area contributed by atoms with Crippen LogP contribution in [0, 0.1) is 17.7 Å². The van der Waals surface area contributed by atoms with Crippen LogP contribution in [0.15, 0.2) is 59.0 Å². The highest BCUT2D eigenvalue weighted by molar-refractivity contribution is 7.91. The molecule has 1 saturated heterocycles. The summed E-state index contributed by atoms with van der Waals surface area (Å²) in [6.07, 6.45) is 9.73. The van der Waals surface area contributed by atoms with Gasteiger partial charge in [-0.2, -0.15) is 4.98 Å². The zero-order valence-electron chi connectivity index (χ0n) is 31.8. The molecule has 3 amide bonds. The number of nitrogens with one attached hydrogen (secondary N) is 1. The highest BCUT2D eigenvalue weighted by Gasteiger charge is 2.52. The van der Waals surface area contributed by atoms with Crippen LogP contribution in [-0.4, -0.2) is 70.5 Å². The fraction of sp³-hybridized carbons (Fsp3) is 0.488. The molecule has 298 valence electrons. The Morgan fingerprint density at radius 3 is 2.54 bits per heavy atom. The number of nitrogens with two attached hydrogens (primary N) is 1. The molecule has 13 nitrogen and oxygen atoms in total. The van der Waals surface area contributed by atoms with E-state index in [-0.39, 0.29) is 54.7 Å². The van der Waals surface area contributed by atoms with Crippen LogP contribution in [0.1, 0.15) is 85.0 Å². The Kier molecular flexibility index (Phi) is 11.1. The Bertz CT molecular complexity index is 2270. The number of aromatic nitrogens is 2. The smallest absolute Gasteiger partial charge is 0.262 e. The van der Waals surface area contributed by atoms with E-state index in [2.05, 4.69) is 4.72 Å². The first-order valence-corrected chi connectivity index (χ1v) is 20.8. The second kappa shape index (κ2) is 15.8. The van der Waals surface area contributed by atoms with Gasteiger partial charge >= 0.3 is 0 Å². The number of amides is 3. The first-order chi connectivity index (χ1) is 26.7. The molecule has 3 N–H and O–H groups in total. The van der Waals surface area contributed by atoms with Gasteiger partial charge in [-0.25, -0.2) is 17.8 Å². The standard InChI is InChI=1S/C41H48FN5O8S/c1-24(2)53-28-15-12-25(13-16-28)38-44-35-31-21-27(42)14-17-33(31)55-36(35)40(45-38)54-29-22-32(37(43)49)47(23-29)34(48)11-9-7-5-4-6-8-10-26-20-30(26)39(50)46-56(51,52)41(3)18-19-41/h8,10,12-17,21,24,26,29-30,32H,4-7,9,11,18-20,22-23H2,1-3H3,(H2,43,49)(H,46,50)/b10-8-/t26-,29-,30+,32+/m1/s1. The van der Waals surface area contributed by atoms with Gasteiger partial charge in [0.25, 0.3) is 5.88 Å². The first kappa shape index (κ1) is 39.2. The van der Waals surface area contributed by atoms with Gasteiger partial charge in [0.15, 0.2) is 5.82 Å². The van der Waals surface area contributed by atoms with Crippen LogP contribution in [0.2, 0.25) is 0 Å². The summed E-state index contributed by atoms with van der Waals surface area (Å²) in [6.45, 7) is 5.66. The second-order valence-corrected chi connectivity index (χ2v) is 17.9. The van der Waals surface area contributed by atoms with Crippen molar-refractivity contribution < 1.29 is 41.1 Å². The van der Waals surface area contributed by atoms with E-state index in [1.807, 2.05) is 50.3 Å². The van der Waals surface area contributed by atoms with Gasteiger partial charge < -0.3 is 24.5 Å². The monoisotopic (exact) mass is 789 g/mol. The third kappa shape index (κ3) is 8.67. The number of nitrogens with zero attached hydrogens (tertiary/aromatic N) is 3. The van der Waals surface area contributed by atoms with E-state index < -0.39 is 44.5 Å². The number of furan rings is 1. The molecule has 7 rings (SSSR count). The summed E-state index contributed by atoms with van der Waals surface area (Å²) in [6, 6.07) is 10.6. The maximum atomic E-state index is 14.3. The van der Waals surface area contributed by atoms with E-state index in [1.165, 1.54) is 23.1 Å². The summed E-state index contributed by atoms with van der Waals surface area (Å²) >= 11 is 0. The molecule has 2 aromatic heterocycles. The van der Waals surface area contributed by atoms with E-state index in [0.717, 1.165) is 25.7 Å². The highest BCUT2D eigenvalue weighted by Crippen LogP contribution is 2.44. The molecule has 0 radical (unpaired) electrons. The number of halogens is 1. The molecule has 4 atom stereocenters. The minimum atomic E-state index is -3.61. The number of benzene rings is 2. The first-order valence-electron chi connectivity index (χ1n) is 19.4. The summed E-state index contributed by atoms with van der Waals surface area (Å²) < 4.78 is 58.7. The number of carbonyl (C=O) groups excluding carboxylic acids is 3. The Balaban J connectivity index is 0.925. The van der Waals surface area contributed by atoms with E-state index in [4.69, 9.17) is 29.6 Å². The predicted molar refractivity (Wildman–Crippen MR) is 207 cm³/mol. The fourth-order valence-corrected chi connectivity index (χ4v) is 8.45.